The number of Topliss-reactive ketones (excluding diaryl/α,β-unsaturated/α-hetero) is 1. The van der Waals surface area contributed by atoms with E-state index in [0.29, 0.717) is 19.4 Å². The van der Waals surface area contributed by atoms with Crippen LogP contribution in [0.4, 0.5) is 0 Å². The third-order valence-electron chi connectivity index (χ3n) is 7.19. The summed E-state index contributed by atoms with van der Waals surface area (Å²) in [6.07, 6.45) is 11.5. The average Bonchev–Trinajstić information content (AvgIpc) is 2.73. The number of carboxylic acid groups (broad SMARTS) is 1. The maximum atomic E-state index is 12.6. The smallest absolute Gasteiger partial charge is 0.303 e. The van der Waals surface area contributed by atoms with Crippen molar-refractivity contribution in [2.24, 2.45) is 17.8 Å². The maximum absolute atomic E-state index is 12.6. The first-order valence-electron chi connectivity index (χ1n) is 11.8. The molecule has 3 aliphatic rings. The molecule has 4 unspecified atom stereocenters. The molecule has 5 heteroatoms. The number of aliphatic carboxylic acids is 1. The summed E-state index contributed by atoms with van der Waals surface area (Å²) in [7, 11) is 0. The Kier molecular flexibility index (Phi) is 8.13. The molecular formula is C25H36O5. The molecule has 0 bridgehead atoms. The first-order valence-corrected chi connectivity index (χ1v) is 11.8. The van der Waals surface area contributed by atoms with Crippen molar-refractivity contribution < 1.29 is 24.5 Å². The second kappa shape index (κ2) is 10.6. The molecule has 3 fully saturated rings. The number of allylic oxidation sites excluding steroid dienone is 1. The van der Waals surface area contributed by atoms with Crippen molar-refractivity contribution in [3.63, 3.8) is 0 Å². The maximum Gasteiger partial charge on any atom is 0.303 e. The topological polar surface area (TPSA) is 83.8 Å². The molecule has 3 rings (SSSR count). The van der Waals surface area contributed by atoms with Crippen LogP contribution in [0.5, 0.6) is 0 Å². The summed E-state index contributed by atoms with van der Waals surface area (Å²) in [6, 6.07) is 0. The molecule has 5 nitrogen and oxygen atoms in total. The second-order valence-corrected chi connectivity index (χ2v) is 9.16. The molecule has 0 spiro atoms. The second-order valence-electron chi connectivity index (χ2n) is 9.16. The van der Waals surface area contributed by atoms with Crippen LogP contribution in [0, 0.1) is 29.6 Å². The summed E-state index contributed by atoms with van der Waals surface area (Å²) in [5.41, 5.74) is 0.710. The van der Waals surface area contributed by atoms with Crippen molar-refractivity contribution in [3.05, 3.63) is 11.6 Å². The highest BCUT2D eigenvalue weighted by Crippen LogP contribution is 2.57. The molecule has 3 saturated carbocycles. The molecule has 4 atom stereocenters. The Morgan fingerprint density at radius 2 is 2.00 bits per heavy atom. The van der Waals surface area contributed by atoms with Gasteiger partial charge in [-0.15, -0.1) is 0 Å². The summed E-state index contributed by atoms with van der Waals surface area (Å²) in [6.45, 7) is 2.78. The predicted molar refractivity (Wildman–Crippen MR) is 115 cm³/mol. The van der Waals surface area contributed by atoms with E-state index in [2.05, 4.69) is 18.8 Å². The van der Waals surface area contributed by atoms with Crippen molar-refractivity contribution >= 4 is 11.8 Å². The van der Waals surface area contributed by atoms with Crippen LogP contribution in [0.25, 0.3) is 0 Å². The van der Waals surface area contributed by atoms with Gasteiger partial charge < -0.3 is 14.9 Å². The van der Waals surface area contributed by atoms with Gasteiger partial charge in [0, 0.05) is 24.9 Å². The van der Waals surface area contributed by atoms with E-state index in [1.54, 1.807) is 0 Å². The van der Waals surface area contributed by atoms with E-state index in [1.807, 2.05) is 6.08 Å². The van der Waals surface area contributed by atoms with Crippen molar-refractivity contribution in [1.29, 1.82) is 0 Å². The lowest BCUT2D eigenvalue weighted by molar-refractivity contribution is -0.156. The highest BCUT2D eigenvalue weighted by molar-refractivity contribution is 5.97. The van der Waals surface area contributed by atoms with Gasteiger partial charge in [0.1, 0.15) is 0 Å². The van der Waals surface area contributed by atoms with Crippen LogP contribution in [0.3, 0.4) is 0 Å². The number of aliphatic hydroxyl groups excluding tert-OH is 1. The lowest BCUT2D eigenvalue weighted by Crippen LogP contribution is -2.60. The number of fused-ring (bicyclic) bond motifs is 1. The Bertz CT molecular complexity index is 709. The number of aliphatic hydroxyl groups is 1. The minimum atomic E-state index is -0.798. The van der Waals surface area contributed by atoms with E-state index in [9.17, 15) is 14.7 Å². The zero-order valence-corrected chi connectivity index (χ0v) is 18.2. The fourth-order valence-corrected chi connectivity index (χ4v) is 5.37. The lowest BCUT2D eigenvalue weighted by atomic mass is 9.53. The van der Waals surface area contributed by atoms with Crippen LogP contribution >= 0.6 is 0 Å². The largest absolute Gasteiger partial charge is 0.481 e. The van der Waals surface area contributed by atoms with Gasteiger partial charge in [0.25, 0.3) is 0 Å². The van der Waals surface area contributed by atoms with Gasteiger partial charge in [0.05, 0.1) is 17.6 Å². The summed E-state index contributed by atoms with van der Waals surface area (Å²) in [5.74, 6) is 5.15. The van der Waals surface area contributed by atoms with Crippen molar-refractivity contribution in [2.75, 3.05) is 6.61 Å². The Labute approximate surface area is 180 Å². The first kappa shape index (κ1) is 23.0. The molecule has 0 aromatic carbocycles. The third kappa shape index (κ3) is 5.15. The van der Waals surface area contributed by atoms with E-state index in [4.69, 9.17) is 9.84 Å². The minimum Gasteiger partial charge on any atom is -0.481 e. The fraction of sp³-hybridized carbons (Fsp3) is 0.760. The molecule has 0 radical (unpaired) electrons. The van der Waals surface area contributed by atoms with Gasteiger partial charge in [-0.3, -0.25) is 9.59 Å². The standard InChI is InChI=1S/C25H36O5/c1-2-3-16-30-25-15-14-23(27)20(12-13-22(26)18-8-5-4-6-9-18)21(25)17-19(25)10-7-11-24(28)29/h10,18,20-21,23,27H,2-9,11,14-17H2,1H3,(H,28,29). The molecule has 30 heavy (non-hydrogen) atoms. The molecule has 0 amide bonds. The Morgan fingerprint density at radius 3 is 2.70 bits per heavy atom. The summed E-state index contributed by atoms with van der Waals surface area (Å²) in [5, 5.41) is 19.6. The third-order valence-corrected chi connectivity index (χ3v) is 7.19. The number of ketones is 1. The molecule has 166 valence electrons. The van der Waals surface area contributed by atoms with Crippen molar-refractivity contribution in [1.82, 2.24) is 0 Å². The first-order chi connectivity index (χ1) is 14.5. The molecule has 0 saturated heterocycles. The number of rotatable bonds is 8. The van der Waals surface area contributed by atoms with E-state index < -0.39 is 17.7 Å². The van der Waals surface area contributed by atoms with E-state index >= 15 is 0 Å². The number of hydrogen-bond acceptors (Lipinski definition) is 4. The van der Waals surface area contributed by atoms with Gasteiger partial charge >= 0.3 is 5.97 Å². The molecule has 0 heterocycles. The number of hydrogen-bond donors (Lipinski definition) is 2. The Morgan fingerprint density at radius 1 is 1.23 bits per heavy atom. The zero-order chi connectivity index (χ0) is 21.6. The van der Waals surface area contributed by atoms with Crippen LogP contribution in [0.1, 0.15) is 84.0 Å². The fourth-order valence-electron chi connectivity index (χ4n) is 5.37. The predicted octanol–water partition coefficient (Wildman–Crippen LogP) is 4.28. The molecular weight excluding hydrogens is 380 g/mol. The van der Waals surface area contributed by atoms with Crippen LogP contribution in [-0.4, -0.2) is 40.3 Å². The number of carboxylic acids is 1. The monoisotopic (exact) mass is 416 g/mol. The zero-order valence-electron chi connectivity index (χ0n) is 18.2. The van der Waals surface area contributed by atoms with E-state index in [-0.39, 0.29) is 30.0 Å². The van der Waals surface area contributed by atoms with Crippen molar-refractivity contribution in [3.8, 4) is 11.8 Å². The molecule has 0 aliphatic heterocycles. The highest BCUT2D eigenvalue weighted by Gasteiger charge is 2.58. The Balaban J connectivity index is 1.74. The van der Waals surface area contributed by atoms with Crippen LogP contribution in [-0.2, 0) is 14.3 Å². The lowest BCUT2D eigenvalue weighted by Gasteiger charge is -2.57. The van der Waals surface area contributed by atoms with Gasteiger partial charge in [-0.25, -0.2) is 0 Å². The number of carbonyl (C=O) groups excluding carboxylic acids is 1. The van der Waals surface area contributed by atoms with Crippen LogP contribution in [0.15, 0.2) is 11.6 Å². The number of unbranched alkanes of at least 4 members (excludes halogenated alkanes) is 1. The average molecular weight is 417 g/mol. The highest BCUT2D eigenvalue weighted by atomic mass is 16.5. The van der Waals surface area contributed by atoms with Crippen LogP contribution < -0.4 is 0 Å². The molecule has 2 N–H and O–H groups in total. The van der Waals surface area contributed by atoms with Gasteiger partial charge in [-0.2, -0.15) is 0 Å². The molecule has 0 aromatic rings. The number of carbonyl (C=O) groups is 2. The van der Waals surface area contributed by atoms with E-state index in [0.717, 1.165) is 56.9 Å². The van der Waals surface area contributed by atoms with Gasteiger partial charge in [0.2, 0.25) is 5.78 Å². The van der Waals surface area contributed by atoms with Crippen molar-refractivity contribution in [2.45, 2.75) is 95.7 Å². The van der Waals surface area contributed by atoms with Gasteiger partial charge in [0.15, 0.2) is 0 Å². The Hall–Kier alpha value is -1.64. The SMILES string of the molecule is CCCCOC12CCC(O)C(C#CC(=O)C3CCCCC3)C1CC2=CCCC(=O)O. The molecule has 3 aliphatic carbocycles. The van der Waals surface area contributed by atoms with Gasteiger partial charge in [-0.1, -0.05) is 44.6 Å². The van der Waals surface area contributed by atoms with E-state index in [1.165, 1.54) is 6.42 Å². The number of ether oxygens (including phenoxy) is 1. The summed E-state index contributed by atoms with van der Waals surface area (Å²) in [4.78, 5) is 23.5. The quantitative estimate of drug-likeness (QED) is 0.267. The van der Waals surface area contributed by atoms with Gasteiger partial charge in [-0.05, 0) is 56.4 Å². The summed E-state index contributed by atoms with van der Waals surface area (Å²) < 4.78 is 6.40. The minimum absolute atomic E-state index is 0.0292. The summed E-state index contributed by atoms with van der Waals surface area (Å²) >= 11 is 0. The van der Waals surface area contributed by atoms with Crippen LogP contribution in [0.2, 0.25) is 0 Å². The molecule has 0 aromatic heterocycles. The normalized spacial score (nSPS) is 32.6.